The van der Waals surface area contributed by atoms with Crippen molar-refractivity contribution in [2.75, 3.05) is 0 Å². The Morgan fingerprint density at radius 2 is 2.17 bits per heavy atom. The molecule has 0 amide bonds. The highest BCUT2D eigenvalue weighted by molar-refractivity contribution is 6.16. The summed E-state index contributed by atoms with van der Waals surface area (Å²) in [5, 5.41) is 7.41. The van der Waals surface area contributed by atoms with Crippen LogP contribution < -0.4 is 0 Å². The van der Waals surface area contributed by atoms with E-state index in [1.54, 1.807) is 0 Å². The van der Waals surface area contributed by atoms with E-state index >= 15 is 0 Å². The van der Waals surface area contributed by atoms with Crippen molar-refractivity contribution in [3.8, 4) is 0 Å². The average molecular weight is 272 g/mol. The van der Waals surface area contributed by atoms with Gasteiger partial charge in [0.2, 0.25) is 0 Å². The Bertz CT molecular complexity index is 540. The van der Waals surface area contributed by atoms with Crippen LogP contribution in [0.25, 0.3) is 0 Å². The summed E-state index contributed by atoms with van der Waals surface area (Å²) in [5.74, 6) is -0.0620. The largest absolute Gasteiger partial charge is 0.281 e. The first-order chi connectivity index (χ1) is 8.61. The van der Waals surface area contributed by atoms with Crippen LogP contribution >= 0.6 is 11.6 Å². The molecule has 2 aromatic rings. The van der Waals surface area contributed by atoms with Crippen LogP contribution in [-0.4, -0.2) is 15.0 Å². The lowest BCUT2D eigenvalue weighted by molar-refractivity contribution is 0.139. The SMILES string of the molecule is Cc1cccc(Cn2nnc(CCl)c2C(F)F)c1. The third kappa shape index (κ3) is 2.67. The fourth-order valence-corrected chi connectivity index (χ4v) is 1.98. The molecule has 0 atom stereocenters. The molecule has 0 N–H and O–H groups in total. The van der Waals surface area contributed by atoms with Gasteiger partial charge >= 0.3 is 0 Å². The quantitative estimate of drug-likeness (QED) is 0.799. The van der Waals surface area contributed by atoms with Gasteiger partial charge in [-0.2, -0.15) is 0 Å². The number of hydrogen-bond acceptors (Lipinski definition) is 2. The predicted octanol–water partition coefficient (Wildman–Crippen LogP) is 3.31. The summed E-state index contributed by atoms with van der Waals surface area (Å²) in [6.45, 7) is 2.22. The minimum Gasteiger partial charge on any atom is -0.239 e. The molecule has 0 radical (unpaired) electrons. The van der Waals surface area contributed by atoms with E-state index < -0.39 is 6.43 Å². The van der Waals surface area contributed by atoms with Gasteiger partial charge < -0.3 is 0 Å². The topological polar surface area (TPSA) is 30.7 Å². The summed E-state index contributed by atoms with van der Waals surface area (Å²) in [4.78, 5) is 0. The van der Waals surface area contributed by atoms with E-state index in [-0.39, 0.29) is 23.8 Å². The molecule has 3 nitrogen and oxygen atoms in total. The molecule has 96 valence electrons. The molecule has 0 aliphatic carbocycles. The number of alkyl halides is 3. The normalized spacial score (nSPS) is 11.2. The monoisotopic (exact) mass is 271 g/mol. The van der Waals surface area contributed by atoms with Crippen molar-refractivity contribution in [2.24, 2.45) is 0 Å². The van der Waals surface area contributed by atoms with Crippen LogP contribution in [0.3, 0.4) is 0 Å². The molecule has 0 aliphatic rings. The second-order valence-electron chi connectivity index (χ2n) is 4.00. The van der Waals surface area contributed by atoms with E-state index in [1.807, 2.05) is 31.2 Å². The average Bonchev–Trinajstić information content (AvgIpc) is 2.72. The summed E-state index contributed by atoms with van der Waals surface area (Å²) in [7, 11) is 0. The Kier molecular flexibility index (Phi) is 3.91. The number of aryl methyl sites for hydroxylation is 1. The third-order valence-corrected chi connectivity index (χ3v) is 2.85. The molecule has 0 aliphatic heterocycles. The van der Waals surface area contributed by atoms with Gasteiger partial charge in [-0.25, -0.2) is 13.5 Å². The van der Waals surface area contributed by atoms with Crippen molar-refractivity contribution >= 4 is 11.6 Å². The lowest BCUT2D eigenvalue weighted by Crippen LogP contribution is -2.07. The first kappa shape index (κ1) is 13.0. The summed E-state index contributed by atoms with van der Waals surface area (Å²) in [6, 6.07) is 7.62. The van der Waals surface area contributed by atoms with E-state index in [0.29, 0.717) is 0 Å². The van der Waals surface area contributed by atoms with Gasteiger partial charge in [-0.3, -0.25) is 0 Å². The molecule has 0 fully saturated rings. The Balaban J connectivity index is 2.32. The van der Waals surface area contributed by atoms with E-state index in [1.165, 1.54) is 4.68 Å². The molecule has 0 spiro atoms. The Labute approximate surface area is 108 Å². The zero-order chi connectivity index (χ0) is 13.1. The molecule has 0 saturated heterocycles. The van der Waals surface area contributed by atoms with E-state index in [9.17, 15) is 8.78 Å². The highest BCUT2D eigenvalue weighted by Gasteiger charge is 2.21. The van der Waals surface area contributed by atoms with Crippen molar-refractivity contribution in [3.63, 3.8) is 0 Å². The molecule has 0 saturated carbocycles. The van der Waals surface area contributed by atoms with E-state index in [2.05, 4.69) is 10.3 Å². The molecule has 0 unspecified atom stereocenters. The number of halogens is 3. The Morgan fingerprint density at radius 3 is 2.78 bits per heavy atom. The van der Waals surface area contributed by atoms with Gasteiger partial charge in [-0.05, 0) is 12.5 Å². The molecule has 0 bridgehead atoms. The van der Waals surface area contributed by atoms with Gasteiger partial charge in [-0.1, -0.05) is 35.0 Å². The minimum atomic E-state index is -2.63. The number of aromatic nitrogens is 3. The van der Waals surface area contributed by atoms with Crippen molar-refractivity contribution in [3.05, 3.63) is 46.8 Å². The highest BCUT2D eigenvalue weighted by atomic mass is 35.5. The minimum absolute atomic E-state index is 0.0620. The number of hydrogen-bond donors (Lipinski definition) is 0. The lowest BCUT2D eigenvalue weighted by Gasteiger charge is -2.07. The van der Waals surface area contributed by atoms with Crippen LogP contribution in [0, 0.1) is 6.92 Å². The number of benzene rings is 1. The fourth-order valence-electron chi connectivity index (χ4n) is 1.79. The van der Waals surface area contributed by atoms with Crippen molar-refractivity contribution in [1.29, 1.82) is 0 Å². The van der Waals surface area contributed by atoms with Gasteiger partial charge in [0.25, 0.3) is 6.43 Å². The van der Waals surface area contributed by atoms with Gasteiger partial charge in [-0.15, -0.1) is 16.7 Å². The first-order valence-electron chi connectivity index (χ1n) is 5.43. The second kappa shape index (κ2) is 5.44. The molecule has 6 heteroatoms. The Hall–Kier alpha value is -1.49. The fraction of sp³-hybridized carbons (Fsp3) is 0.333. The van der Waals surface area contributed by atoms with Crippen LogP contribution in [-0.2, 0) is 12.4 Å². The van der Waals surface area contributed by atoms with Crippen LogP contribution in [0.15, 0.2) is 24.3 Å². The zero-order valence-electron chi connectivity index (χ0n) is 9.78. The van der Waals surface area contributed by atoms with Gasteiger partial charge in [0, 0.05) is 0 Å². The van der Waals surface area contributed by atoms with Crippen LogP contribution in [0.4, 0.5) is 8.78 Å². The summed E-state index contributed by atoms with van der Waals surface area (Å²) in [6.07, 6.45) is -2.63. The van der Waals surface area contributed by atoms with Crippen LogP contribution in [0.1, 0.15) is 28.9 Å². The standard InChI is InChI=1S/C12H12ClF2N3/c1-8-3-2-4-9(5-8)7-18-11(12(14)15)10(6-13)16-17-18/h2-5,12H,6-7H2,1H3. The van der Waals surface area contributed by atoms with Gasteiger partial charge in [0.1, 0.15) is 11.4 Å². The first-order valence-corrected chi connectivity index (χ1v) is 5.97. The molecule has 1 heterocycles. The van der Waals surface area contributed by atoms with Crippen LogP contribution in [0.2, 0.25) is 0 Å². The molecule has 1 aromatic heterocycles. The van der Waals surface area contributed by atoms with Crippen molar-refractivity contribution in [2.45, 2.75) is 25.8 Å². The van der Waals surface area contributed by atoms with E-state index in [0.717, 1.165) is 11.1 Å². The number of nitrogens with zero attached hydrogens (tertiary/aromatic N) is 3. The molecule has 18 heavy (non-hydrogen) atoms. The summed E-state index contributed by atoms with van der Waals surface area (Å²) in [5.41, 5.74) is 1.91. The third-order valence-electron chi connectivity index (χ3n) is 2.60. The maximum Gasteiger partial charge on any atom is 0.281 e. The van der Waals surface area contributed by atoms with Crippen LogP contribution in [0.5, 0.6) is 0 Å². The van der Waals surface area contributed by atoms with E-state index in [4.69, 9.17) is 11.6 Å². The maximum atomic E-state index is 12.9. The Morgan fingerprint density at radius 1 is 1.39 bits per heavy atom. The molecule has 2 rings (SSSR count). The number of rotatable bonds is 4. The molecular formula is C12H12ClF2N3. The molecule has 1 aromatic carbocycles. The van der Waals surface area contributed by atoms with Gasteiger partial charge in [0.05, 0.1) is 12.4 Å². The lowest BCUT2D eigenvalue weighted by atomic mass is 10.1. The van der Waals surface area contributed by atoms with Crippen molar-refractivity contribution in [1.82, 2.24) is 15.0 Å². The van der Waals surface area contributed by atoms with Crippen molar-refractivity contribution < 1.29 is 8.78 Å². The summed E-state index contributed by atoms with van der Waals surface area (Å²) < 4.78 is 27.1. The highest BCUT2D eigenvalue weighted by Crippen LogP contribution is 2.23. The molecular weight excluding hydrogens is 260 g/mol. The summed E-state index contributed by atoms with van der Waals surface area (Å²) >= 11 is 5.57. The smallest absolute Gasteiger partial charge is 0.239 e. The maximum absolute atomic E-state index is 12.9. The second-order valence-corrected chi connectivity index (χ2v) is 4.27. The zero-order valence-corrected chi connectivity index (χ0v) is 10.5. The van der Waals surface area contributed by atoms with Gasteiger partial charge in [0.15, 0.2) is 0 Å². The predicted molar refractivity (Wildman–Crippen MR) is 64.8 cm³/mol.